The minimum absolute atomic E-state index is 0.0269. The van der Waals surface area contributed by atoms with E-state index in [1.54, 1.807) is 35.6 Å². The summed E-state index contributed by atoms with van der Waals surface area (Å²) in [6, 6.07) is 15.9. The Morgan fingerprint density at radius 2 is 1.85 bits per heavy atom. The fourth-order valence-corrected chi connectivity index (χ4v) is 8.63. The third-order valence-corrected chi connectivity index (χ3v) is 10.9. The number of thiazole rings is 1. The van der Waals surface area contributed by atoms with Crippen molar-refractivity contribution in [2.75, 3.05) is 18.1 Å². The number of anilines is 1. The summed E-state index contributed by atoms with van der Waals surface area (Å²) >= 11 is 13.9. The van der Waals surface area contributed by atoms with E-state index in [0.717, 1.165) is 42.0 Å². The molecule has 3 aromatic carbocycles. The predicted molar refractivity (Wildman–Crippen MR) is 160 cm³/mol. The molecule has 0 radical (unpaired) electrons. The van der Waals surface area contributed by atoms with Crippen LogP contribution >= 0.6 is 34.5 Å². The maximum absolute atomic E-state index is 13.9. The van der Waals surface area contributed by atoms with Crippen LogP contribution in [0.2, 0.25) is 10.0 Å². The van der Waals surface area contributed by atoms with Crippen molar-refractivity contribution < 1.29 is 22.7 Å². The summed E-state index contributed by atoms with van der Waals surface area (Å²) in [4.78, 5) is 32.5. The summed E-state index contributed by atoms with van der Waals surface area (Å²) in [7, 11) is -4.32. The summed E-state index contributed by atoms with van der Waals surface area (Å²) in [5.41, 5.74) is 3.26. The number of aryl methyl sites for hydroxylation is 1. The van der Waals surface area contributed by atoms with Crippen molar-refractivity contribution in [3.63, 3.8) is 0 Å². The lowest BCUT2D eigenvalue weighted by Gasteiger charge is -2.29. The van der Waals surface area contributed by atoms with Crippen LogP contribution in [0, 0.1) is 6.92 Å². The first kappa shape index (κ1) is 28.3. The fourth-order valence-electron chi connectivity index (χ4n) is 5.20. The number of aromatic nitrogens is 1. The Kier molecular flexibility index (Phi) is 7.65. The van der Waals surface area contributed by atoms with Gasteiger partial charge in [-0.2, -0.15) is 4.31 Å². The van der Waals surface area contributed by atoms with Crippen LogP contribution in [0.1, 0.15) is 24.8 Å². The highest BCUT2D eigenvalue weighted by molar-refractivity contribution is 7.89. The average molecular weight is 631 g/mol. The molecule has 4 aromatic rings. The highest BCUT2D eigenvalue weighted by atomic mass is 35.5. The van der Waals surface area contributed by atoms with Gasteiger partial charge in [0.05, 0.1) is 33.5 Å². The van der Waals surface area contributed by atoms with Gasteiger partial charge < -0.3 is 4.74 Å². The molecular weight excluding hydrogens is 605 g/mol. The first-order valence-corrected chi connectivity index (χ1v) is 16.1. The Bertz CT molecular complexity index is 1770. The van der Waals surface area contributed by atoms with Crippen molar-refractivity contribution in [2.24, 2.45) is 0 Å². The van der Waals surface area contributed by atoms with Gasteiger partial charge in [0.2, 0.25) is 15.9 Å². The van der Waals surface area contributed by atoms with E-state index in [0.29, 0.717) is 18.7 Å². The highest BCUT2D eigenvalue weighted by Crippen LogP contribution is 2.36. The van der Waals surface area contributed by atoms with Gasteiger partial charge in [-0.05, 0) is 79.9 Å². The van der Waals surface area contributed by atoms with Crippen LogP contribution in [0.5, 0.6) is 0 Å². The predicted octanol–water partition coefficient (Wildman–Crippen LogP) is 6.08. The van der Waals surface area contributed by atoms with Crippen molar-refractivity contribution in [1.29, 1.82) is 0 Å². The molecule has 1 aromatic heterocycles. The molecule has 41 heavy (non-hydrogen) atoms. The molecule has 0 N–H and O–H groups in total. The number of carbonyl (C=O) groups is 2. The number of hydrogen-bond donors (Lipinski definition) is 0. The number of benzene rings is 3. The van der Waals surface area contributed by atoms with Gasteiger partial charge in [-0.25, -0.2) is 18.3 Å². The molecule has 2 amide bonds. The second-order valence-corrected chi connectivity index (χ2v) is 13.8. The Labute approximate surface area is 251 Å². The molecule has 2 saturated heterocycles. The van der Waals surface area contributed by atoms with Gasteiger partial charge in [0.1, 0.15) is 15.9 Å². The zero-order chi connectivity index (χ0) is 28.9. The maximum Gasteiger partial charge on any atom is 0.252 e. The molecule has 2 unspecified atom stereocenters. The molecule has 2 atom stereocenters. The number of carbonyl (C=O) groups excluding carboxylic acids is 2. The molecule has 0 bridgehead atoms. The quantitative estimate of drug-likeness (QED) is 0.230. The third-order valence-electron chi connectivity index (χ3n) is 7.27. The van der Waals surface area contributed by atoms with Crippen LogP contribution in [0.25, 0.3) is 20.8 Å². The highest BCUT2D eigenvalue weighted by Gasteiger charge is 2.48. The molecule has 12 heteroatoms. The number of amides is 2. The third kappa shape index (κ3) is 5.40. The van der Waals surface area contributed by atoms with Crippen molar-refractivity contribution in [2.45, 2.75) is 43.2 Å². The van der Waals surface area contributed by atoms with Gasteiger partial charge in [-0.1, -0.05) is 29.3 Å². The molecule has 0 aliphatic carbocycles. The summed E-state index contributed by atoms with van der Waals surface area (Å²) in [6.07, 6.45) is 0.708. The van der Waals surface area contributed by atoms with E-state index in [-0.39, 0.29) is 27.9 Å². The van der Waals surface area contributed by atoms with Gasteiger partial charge in [0, 0.05) is 23.7 Å². The molecule has 2 aliphatic rings. The van der Waals surface area contributed by atoms with Gasteiger partial charge >= 0.3 is 0 Å². The van der Waals surface area contributed by atoms with Gasteiger partial charge in [-0.3, -0.25) is 9.59 Å². The number of rotatable bonds is 7. The fraction of sp³-hybridized carbons (Fsp3) is 0.276. The zero-order valence-corrected chi connectivity index (χ0v) is 25.1. The standard InChI is InChI=1S/C29H25Cl2N3O5S2/c1-17-4-11-23-25(13-17)40-28(32-23)18-5-8-20(9-6-18)34-27(35)15-24(29(34)36)33(16-21-3-2-12-39-21)41(37,38)26-14-19(30)7-10-22(26)31/h4-11,13-14,21,24H,2-3,12,15-16H2,1H3. The second kappa shape index (κ2) is 11.1. The van der Waals surface area contributed by atoms with Crippen molar-refractivity contribution in [1.82, 2.24) is 9.29 Å². The van der Waals surface area contributed by atoms with Crippen LogP contribution in [0.15, 0.2) is 65.6 Å². The first-order chi connectivity index (χ1) is 19.6. The average Bonchev–Trinajstić information content (AvgIpc) is 3.67. The molecule has 2 aliphatic heterocycles. The second-order valence-electron chi connectivity index (χ2n) is 10.1. The largest absolute Gasteiger partial charge is 0.377 e. The summed E-state index contributed by atoms with van der Waals surface area (Å²) in [5, 5.41) is 0.978. The van der Waals surface area contributed by atoms with Crippen molar-refractivity contribution in [3.05, 3.63) is 76.3 Å². The lowest BCUT2D eigenvalue weighted by molar-refractivity contribution is -0.122. The van der Waals surface area contributed by atoms with Gasteiger partial charge in [0.15, 0.2) is 0 Å². The SMILES string of the molecule is Cc1ccc2nc(-c3ccc(N4C(=O)CC(N(CC5CCCO5)S(=O)(=O)c5cc(Cl)ccc5Cl)C4=O)cc3)sc2c1. The van der Waals surface area contributed by atoms with Crippen LogP contribution in [0.4, 0.5) is 5.69 Å². The summed E-state index contributed by atoms with van der Waals surface area (Å²) < 4.78 is 35.7. The minimum Gasteiger partial charge on any atom is -0.377 e. The first-order valence-electron chi connectivity index (χ1n) is 13.0. The van der Waals surface area contributed by atoms with E-state index in [9.17, 15) is 18.0 Å². The Balaban J connectivity index is 1.31. The van der Waals surface area contributed by atoms with Crippen LogP contribution in [-0.4, -0.2) is 54.8 Å². The van der Waals surface area contributed by atoms with Crippen LogP contribution in [0.3, 0.4) is 0 Å². The lowest BCUT2D eigenvalue weighted by atomic mass is 10.2. The van der Waals surface area contributed by atoms with E-state index in [2.05, 4.69) is 6.07 Å². The van der Waals surface area contributed by atoms with Crippen molar-refractivity contribution in [3.8, 4) is 10.6 Å². The molecule has 6 rings (SSSR count). The Morgan fingerprint density at radius 1 is 1.07 bits per heavy atom. The summed E-state index contributed by atoms with van der Waals surface area (Å²) in [5.74, 6) is -1.12. The minimum atomic E-state index is -4.32. The van der Waals surface area contributed by atoms with Crippen molar-refractivity contribution >= 4 is 72.3 Å². The number of fused-ring (bicyclic) bond motifs is 1. The van der Waals surface area contributed by atoms with Crippen LogP contribution in [-0.2, 0) is 24.3 Å². The van der Waals surface area contributed by atoms with E-state index in [4.69, 9.17) is 32.9 Å². The number of nitrogens with zero attached hydrogens (tertiary/aromatic N) is 3. The molecule has 2 fully saturated rings. The molecule has 0 saturated carbocycles. The normalized spacial score (nSPS) is 19.7. The van der Waals surface area contributed by atoms with Crippen LogP contribution < -0.4 is 4.90 Å². The summed E-state index contributed by atoms with van der Waals surface area (Å²) in [6.45, 7) is 2.45. The van der Waals surface area contributed by atoms with E-state index >= 15 is 0 Å². The number of halogens is 2. The lowest BCUT2D eigenvalue weighted by Crippen LogP contribution is -2.48. The smallest absolute Gasteiger partial charge is 0.252 e. The number of ether oxygens (including phenoxy) is 1. The van der Waals surface area contributed by atoms with E-state index in [1.807, 2.05) is 19.1 Å². The van der Waals surface area contributed by atoms with E-state index in [1.165, 1.54) is 18.2 Å². The monoisotopic (exact) mass is 629 g/mol. The molecular formula is C29H25Cl2N3O5S2. The van der Waals surface area contributed by atoms with Gasteiger partial charge in [0.25, 0.3) is 5.91 Å². The Morgan fingerprint density at radius 3 is 2.59 bits per heavy atom. The number of sulfonamides is 1. The maximum atomic E-state index is 13.9. The number of imide groups is 1. The molecule has 0 spiro atoms. The zero-order valence-electron chi connectivity index (χ0n) is 21.9. The molecule has 212 valence electrons. The Hall–Kier alpha value is -2.86. The topological polar surface area (TPSA) is 96.9 Å². The van der Waals surface area contributed by atoms with E-state index < -0.39 is 34.0 Å². The van der Waals surface area contributed by atoms with Gasteiger partial charge in [-0.15, -0.1) is 11.3 Å². The molecule has 8 nitrogen and oxygen atoms in total. The molecule has 3 heterocycles. The number of hydrogen-bond acceptors (Lipinski definition) is 7.